The molecule has 0 atom stereocenters. The molecule has 0 spiro atoms. The number of rotatable bonds is 5. The van der Waals surface area contributed by atoms with Gasteiger partial charge in [-0.15, -0.1) is 11.3 Å². The third-order valence-corrected chi connectivity index (χ3v) is 4.84. The summed E-state index contributed by atoms with van der Waals surface area (Å²) in [6, 6.07) is 12.4. The van der Waals surface area contributed by atoms with Gasteiger partial charge in [0, 0.05) is 11.6 Å². The average Bonchev–Trinajstić information content (AvgIpc) is 3.33. The van der Waals surface area contributed by atoms with E-state index in [1.807, 2.05) is 0 Å². The van der Waals surface area contributed by atoms with E-state index in [1.165, 1.54) is 35.7 Å². The highest BCUT2D eigenvalue weighted by Gasteiger charge is 2.36. The maximum Gasteiger partial charge on any atom is 0.338 e. The van der Waals surface area contributed by atoms with Gasteiger partial charge in [-0.3, -0.25) is 19.7 Å². The number of hydrogen-bond donors (Lipinski definition) is 1. The molecule has 29 heavy (non-hydrogen) atoms. The molecule has 3 amide bonds. The van der Waals surface area contributed by atoms with Gasteiger partial charge in [-0.2, -0.15) is 0 Å². The van der Waals surface area contributed by atoms with Crippen molar-refractivity contribution in [3.05, 3.63) is 76.8 Å². The van der Waals surface area contributed by atoms with Crippen LogP contribution < -0.4 is 10.2 Å². The number of benzene rings is 2. The molecule has 3 aromatic rings. The predicted octanol–water partition coefficient (Wildman–Crippen LogP) is 2.74. The van der Waals surface area contributed by atoms with Crippen LogP contribution in [-0.2, 0) is 9.53 Å². The minimum Gasteiger partial charge on any atom is -0.452 e. The largest absolute Gasteiger partial charge is 0.452 e. The zero-order valence-electron chi connectivity index (χ0n) is 14.8. The number of ether oxygens (including phenoxy) is 1. The Hall–Kier alpha value is -3.85. The minimum atomic E-state index is -0.752. The second kappa shape index (κ2) is 7.64. The fourth-order valence-electron chi connectivity index (χ4n) is 2.85. The first-order valence-electron chi connectivity index (χ1n) is 8.49. The second-order valence-electron chi connectivity index (χ2n) is 6.00. The first-order valence-corrected chi connectivity index (χ1v) is 9.37. The van der Waals surface area contributed by atoms with Gasteiger partial charge < -0.3 is 4.74 Å². The lowest BCUT2D eigenvalue weighted by Gasteiger charge is -2.14. The summed E-state index contributed by atoms with van der Waals surface area (Å²) < 4.78 is 5.01. The van der Waals surface area contributed by atoms with Crippen molar-refractivity contribution in [3.63, 3.8) is 0 Å². The van der Waals surface area contributed by atoms with E-state index in [4.69, 9.17) is 4.74 Å². The maximum atomic E-state index is 12.6. The van der Waals surface area contributed by atoms with Crippen LogP contribution in [0.4, 0.5) is 10.8 Å². The van der Waals surface area contributed by atoms with Gasteiger partial charge in [0.1, 0.15) is 0 Å². The molecule has 1 aromatic heterocycles. The molecule has 9 heteroatoms. The van der Waals surface area contributed by atoms with Gasteiger partial charge in [-0.1, -0.05) is 18.2 Å². The number of aromatic nitrogens is 1. The fourth-order valence-corrected chi connectivity index (χ4v) is 3.40. The zero-order valence-corrected chi connectivity index (χ0v) is 15.6. The van der Waals surface area contributed by atoms with Gasteiger partial charge in [-0.05, 0) is 30.3 Å². The summed E-state index contributed by atoms with van der Waals surface area (Å²) in [6.07, 6.45) is 1.54. The highest BCUT2D eigenvalue weighted by molar-refractivity contribution is 7.13. The third-order valence-electron chi connectivity index (χ3n) is 4.15. The molecule has 1 N–H and O–H groups in total. The molecule has 0 unspecified atom stereocenters. The summed E-state index contributed by atoms with van der Waals surface area (Å²) in [6.45, 7) is -0.490. The molecule has 2 aromatic carbocycles. The molecule has 8 nitrogen and oxygen atoms in total. The van der Waals surface area contributed by atoms with Crippen molar-refractivity contribution >= 4 is 45.8 Å². The average molecular weight is 407 g/mol. The first kappa shape index (κ1) is 18.5. The highest BCUT2D eigenvalue weighted by Crippen LogP contribution is 2.28. The molecule has 0 radical (unpaired) electrons. The van der Waals surface area contributed by atoms with Crippen molar-refractivity contribution in [2.45, 2.75) is 0 Å². The minimum absolute atomic E-state index is 0.112. The Bertz CT molecular complexity index is 1090. The molecule has 1 aliphatic rings. The number of nitrogens with zero attached hydrogens (tertiary/aromatic N) is 2. The van der Waals surface area contributed by atoms with Gasteiger partial charge in [-0.25, -0.2) is 14.7 Å². The highest BCUT2D eigenvalue weighted by atomic mass is 32.1. The van der Waals surface area contributed by atoms with Crippen molar-refractivity contribution in [1.82, 2.24) is 4.98 Å². The van der Waals surface area contributed by atoms with E-state index in [2.05, 4.69) is 10.3 Å². The van der Waals surface area contributed by atoms with E-state index in [0.29, 0.717) is 16.3 Å². The Kier molecular flexibility index (Phi) is 4.88. The van der Waals surface area contributed by atoms with E-state index in [-0.39, 0.29) is 11.3 Å². The number of anilines is 2. The van der Waals surface area contributed by atoms with E-state index < -0.39 is 30.3 Å². The molecule has 4 rings (SSSR count). The summed E-state index contributed by atoms with van der Waals surface area (Å²) in [5.41, 5.74) is 0.979. The number of fused-ring (bicyclic) bond motifs is 1. The van der Waals surface area contributed by atoms with E-state index >= 15 is 0 Å². The molecule has 0 bridgehead atoms. The summed E-state index contributed by atoms with van der Waals surface area (Å²) in [7, 11) is 0. The molecule has 144 valence electrons. The molecule has 1 aliphatic heterocycles. The first-order chi connectivity index (χ1) is 14.0. The lowest BCUT2D eigenvalue weighted by molar-refractivity contribution is -0.119. The Balaban J connectivity index is 1.46. The molecule has 2 heterocycles. The van der Waals surface area contributed by atoms with Crippen LogP contribution in [0, 0.1) is 0 Å². The van der Waals surface area contributed by atoms with Gasteiger partial charge >= 0.3 is 5.97 Å². The number of carbonyl (C=O) groups excluding carboxylic acids is 4. The monoisotopic (exact) mass is 407 g/mol. The van der Waals surface area contributed by atoms with Crippen LogP contribution in [0.3, 0.4) is 0 Å². The number of imide groups is 1. The van der Waals surface area contributed by atoms with Gasteiger partial charge in [0.15, 0.2) is 11.7 Å². The van der Waals surface area contributed by atoms with Crippen molar-refractivity contribution in [3.8, 4) is 0 Å². The van der Waals surface area contributed by atoms with Crippen LogP contribution in [0.2, 0.25) is 0 Å². The van der Waals surface area contributed by atoms with Crippen LogP contribution in [0.5, 0.6) is 0 Å². The van der Waals surface area contributed by atoms with E-state index in [9.17, 15) is 19.2 Å². The quantitative estimate of drug-likeness (QED) is 0.515. The van der Waals surface area contributed by atoms with Crippen molar-refractivity contribution in [2.24, 2.45) is 0 Å². The van der Waals surface area contributed by atoms with Gasteiger partial charge in [0.25, 0.3) is 17.7 Å². The van der Waals surface area contributed by atoms with E-state index in [1.54, 1.807) is 35.7 Å². The molecule has 0 fully saturated rings. The maximum absolute atomic E-state index is 12.6. The van der Waals surface area contributed by atoms with Crippen LogP contribution in [0.1, 0.15) is 31.1 Å². The third kappa shape index (κ3) is 3.63. The molecule has 0 aliphatic carbocycles. The number of esters is 1. The van der Waals surface area contributed by atoms with Crippen LogP contribution in [0.25, 0.3) is 0 Å². The number of carbonyl (C=O) groups is 4. The van der Waals surface area contributed by atoms with Crippen LogP contribution in [0.15, 0.2) is 60.1 Å². The van der Waals surface area contributed by atoms with Gasteiger partial charge in [0.2, 0.25) is 0 Å². The van der Waals surface area contributed by atoms with Crippen LogP contribution >= 0.6 is 11.3 Å². The number of thiazole rings is 1. The standard InChI is InChI=1S/C20H13N3O5S/c24-16(22-20-21-8-9-29-20)11-28-19(27)12-4-3-5-13(10-12)23-17(25)14-6-1-2-7-15(14)18(23)26/h1-10H,11H2,(H,21,22,24). The smallest absolute Gasteiger partial charge is 0.338 e. The Morgan fingerprint density at radius 1 is 1.03 bits per heavy atom. The zero-order chi connectivity index (χ0) is 20.4. The fraction of sp³-hybridized carbons (Fsp3) is 0.0500. The number of nitrogens with one attached hydrogen (secondary N) is 1. The second-order valence-corrected chi connectivity index (χ2v) is 6.90. The van der Waals surface area contributed by atoms with Crippen molar-refractivity contribution in [2.75, 3.05) is 16.8 Å². The van der Waals surface area contributed by atoms with Crippen LogP contribution in [-0.4, -0.2) is 35.3 Å². The number of hydrogen-bond acceptors (Lipinski definition) is 7. The number of amides is 3. The lowest BCUT2D eigenvalue weighted by Crippen LogP contribution is -2.29. The summed E-state index contributed by atoms with van der Waals surface area (Å²) in [4.78, 5) is 54.2. The molecular formula is C20H13N3O5S. The SMILES string of the molecule is O=C(COC(=O)c1cccc(N2C(=O)c3ccccc3C2=O)c1)Nc1nccs1. The Morgan fingerprint density at radius 2 is 1.76 bits per heavy atom. The summed E-state index contributed by atoms with van der Waals surface area (Å²) in [5.74, 6) is -2.19. The lowest BCUT2D eigenvalue weighted by atomic mass is 10.1. The topological polar surface area (TPSA) is 106 Å². The molecule has 0 saturated carbocycles. The van der Waals surface area contributed by atoms with Gasteiger partial charge in [0.05, 0.1) is 22.4 Å². The van der Waals surface area contributed by atoms with Crippen molar-refractivity contribution < 1.29 is 23.9 Å². The normalized spacial score (nSPS) is 12.6. The van der Waals surface area contributed by atoms with E-state index in [0.717, 1.165) is 4.90 Å². The summed E-state index contributed by atoms with van der Waals surface area (Å²) in [5, 5.41) is 4.60. The molecule has 0 saturated heterocycles. The Labute approximate surface area is 168 Å². The predicted molar refractivity (Wildman–Crippen MR) is 105 cm³/mol. The van der Waals surface area contributed by atoms with Crippen molar-refractivity contribution in [1.29, 1.82) is 0 Å². The summed E-state index contributed by atoms with van der Waals surface area (Å²) >= 11 is 1.24. The Morgan fingerprint density at radius 3 is 2.41 bits per heavy atom. The molecular weight excluding hydrogens is 394 g/mol.